The number of imidazole rings is 1. The van der Waals surface area contributed by atoms with Crippen molar-refractivity contribution in [3.63, 3.8) is 0 Å². The topological polar surface area (TPSA) is 111 Å². The van der Waals surface area contributed by atoms with E-state index in [9.17, 15) is 18.0 Å². The van der Waals surface area contributed by atoms with Crippen molar-refractivity contribution >= 4 is 21.9 Å². The van der Waals surface area contributed by atoms with E-state index in [4.69, 9.17) is 4.74 Å². The standard InChI is InChI=1S/C19H30N4O5S/c1-13(18(24)21-16-6-4-5-7-16)28-19(25)15-8-10-23(11-9-15)29(26,27)17-12-22(3)14(2)20-17/h12-13,15-16H,4-11H2,1-3H3,(H,21,24). The second-order valence-electron chi connectivity index (χ2n) is 7.98. The monoisotopic (exact) mass is 426 g/mol. The van der Waals surface area contributed by atoms with Crippen LogP contribution in [0.1, 0.15) is 51.3 Å². The zero-order valence-electron chi connectivity index (χ0n) is 17.3. The van der Waals surface area contributed by atoms with Crippen LogP contribution < -0.4 is 5.32 Å². The molecule has 1 amide bonds. The molecule has 1 unspecified atom stereocenters. The number of amides is 1. The fraction of sp³-hybridized carbons (Fsp3) is 0.737. The number of esters is 1. The molecule has 1 saturated heterocycles. The Labute approximate surface area is 171 Å². The molecule has 2 fully saturated rings. The molecule has 1 aliphatic carbocycles. The van der Waals surface area contributed by atoms with Crippen molar-refractivity contribution in [2.24, 2.45) is 13.0 Å². The highest BCUT2D eigenvalue weighted by Gasteiger charge is 2.35. The molecule has 9 nitrogen and oxygen atoms in total. The number of carbonyl (C=O) groups is 2. The van der Waals surface area contributed by atoms with Crippen LogP contribution in [0.3, 0.4) is 0 Å². The third-order valence-electron chi connectivity index (χ3n) is 5.84. The van der Waals surface area contributed by atoms with Gasteiger partial charge in [0.1, 0.15) is 5.82 Å². The fourth-order valence-corrected chi connectivity index (χ4v) is 5.32. The van der Waals surface area contributed by atoms with Gasteiger partial charge in [0.25, 0.3) is 15.9 Å². The first-order chi connectivity index (χ1) is 13.7. The average Bonchev–Trinajstić information content (AvgIpc) is 3.32. The van der Waals surface area contributed by atoms with Gasteiger partial charge in [0.05, 0.1) is 5.92 Å². The third-order valence-corrected chi connectivity index (χ3v) is 7.61. The highest BCUT2D eigenvalue weighted by Crippen LogP contribution is 2.25. The lowest BCUT2D eigenvalue weighted by Gasteiger charge is -2.30. The van der Waals surface area contributed by atoms with Gasteiger partial charge < -0.3 is 14.6 Å². The summed E-state index contributed by atoms with van der Waals surface area (Å²) >= 11 is 0. The van der Waals surface area contributed by atoms with E-state index in [1.165, 1.54) is 10.5 Å². The van der Waals surface area contributed by atoms with Crippen LogP contribution in [0.5, 0.6) is 0 Å². The molecule has 2 heterocycles. The molecular formula is C19H30N4O5S. The number of ether oxygens (including phenoxy) is 1. The molecular weight excluding hydrogens is 396 g/mol. The maximum atomic E-state index is 12.7. The molecule has 1 aliphatic heterocycles. The number of carbonyl (C=O) groups excluding carboxylic acids is 2. The summed E-state index contributed by atoms with van der Waals surface area (Å²) in [5, 5.41) is 2.95. The van der Waals surface area contributed by atoms with Crippen LogP contribution in [0.4, 0.5) is 0 Å². The Morgan fingerprint density at radius 1 is 1.21 bits per heavy atom. The van der Waals surface area contributed by atoms with Crippen LogP contribution in [0.15, 0.2) is 11.2 Å². The predicted octanol–water partition coefficient (Wildman–Crippen LogP) is 1.12. The number of aromatic nitrogens is 2. The molecule has 1 N–H and O–H groups in total. The van der Waals surface area contributed by atoms with Crippen molar-refractivity contribution in [2.45, 2.75) is 69.5 Å². The van der Waals surface area contributed by atoms with Crippen molar-refractivity contribution in [1.29, 1.82) is 0 Å². The van der Waals surface area contributed by atoms with Crippen LogP contribution >= 0.6 is 0 Å². The smallest absolute Gasteiger partial charge is 0.309 e. The van der Waals surface area contributed by atoms with Gasteiger partial charge in [-0.2, -0.15) is 4.31 Å². The fourth-order valence-electron chi connectivity index (χ4n) is 3.83. The molecule has 0 radical (unpaired) electrons. The lowest BCUT2D eigenvalue weighted by molar-refractivity contribution is -0.160. The number of aryl methyl sites for hydroxylation is 2. The maximum absolute atomic E-state index is 12.7. The van der Waals surface area contributed by atoms with Gasteiger partial charge in [-0.1, -0.05) is 12.8 Å². The minimum Gasteiger partial charge on any atom is -0.452 e. The van der Waals surface area contributed by atoms with E-state index in [1.54, 1.807) is 25.5 Å². The summed E-state index contributed by atoms with van der Waals surface area (Å²) in [6, 6.07) is 0.173. The van der Waals surface area contributed by atoms with Gasteiger partial charge in [-0.3, -0.25) is 9.59 Å². The zero-order valence-corrected chi connectivity index (χ0v) is 18.1. The Hall–Kier alpha value is -1.94. The largest absolute Gasteiger partial charge is 0.452 e. The Balaban J connectivity index is 1.50. The summed E-state index contributed by atoms with van der Waals surface area (Å²) in [5.41, 5.74) is 0. The number of hydrogen-bond acceptors (Lipinski definition) is 6. The van der Waals surface area contributed by atoms with Gasteiger partial charge in [-0.25, -0.2) is 13.4 Å². The van der Waals surface area contributed by atoms with E-state index in [-0.39, 0.29) is 30.1 Å². The molecule has 10 heteroatoms. The Kier molecular flexibility index (Phi) is 6.62. The van der Waals surface area contributed by atoms with Gasteiger partial charge in [0.15, 0.2) is 11.1 Å². The van der Waals surface area contributed by atoms with Crippen molar-refractivity contribution < 1.29 is 22.7 Å². The van der Waals surface area contributed by atoms with E-state index in [0.29, 0.717) is 18.7 Å². The molecule has 0 spiro atoms. The quantitative estimate of drug-likeness (QED) is 0.683. The Morgan fingerprint density at radius 2 is 1.83 bits per heavy atom. The Morgan fingerprint density at radius 3 is 2.38 bits per heavy atom. The highest BCUT2D eigenvalue weighted by molar-refractivity contribution is 7.89. The molecule has 0 aromatic carbocycles. The van der Waals surface area contributed by atoms with Gasteiger partial charge >= 0.3 is 5.97 Å². The normalized spacial score (nSPS) is 20.5. The molecule has 29 heavy (non-hydrogen) atoms. The summed E-state index contributed by atoms with van der Waals surface area (Å²) in [7, 11) is -1.93. The second-order valence-corrected chi connectivity index (χ2v) is 9.87. The van der Waals surface area contributed by atoms with Crippen molar-refractivity contribution in [3.8, 4) is 0 Å². The van der Waals surface area contributed by atoms with Crippen molar-refractivity contribution in [2.75, 3.05) is 13.1 Å². The van der Waals surface area contributed by atoms with Crippen LogP contribution in [0.2, 0.25) is 0 Å². The Bertz CT molecular complexity index is 832. The number of sulfonamides is 1. The zero-order chi connectivity index (χ0) is 21.2. The molecule has 1 aromatic heterocycles. The van der Waals surface area contributed by atoms with E-state index < -0.39 is 28.0 Å². The summed E-state index contributed by atoms with van der Waals surface area (Å²) in [4.78, 5) is 28.8. The number of hydrogen-bond donors (Lipinski definition) is 1. The van der Waals surface area contributed by atoms with Gasteiger partial charge in [-0.05, 0) is 39.5 Å². The molecule has 0 bridgehead atoms. The average molecular weight is 427 g/mol. The van der Waals surface area contributed by atoms with Gasteiger partial charge in [-0.15, -0.1) is 0 Å². The first-order valence-corrected chi connectivity index (χ1v) is 11.6. The third kappa shape index (κ3) is 4.98. The van der Waals surface area contributed by atoms with E-state index >= 15 is 0 Å². The predicted molar refractivity (Wildman–Crippen MR) is 105 cm³/mol. The highest BCUT2D eigenvalue weighted by atomic mass is 32.2. The lowest BCUT2D eigenvalue weighted by Crippen LogP contribution is -2.44. The van der Waals surface area contributed by atoms with Crippen molar-refractivity contribution in [1.82, 2.24) is 19.2 Å². The molecule has 162 valence electrons. The van der Waals surface area contributed by atoms with Crippen LogP contribution in [0, 0.1) is 12.8 Å². The second kappa shape index (κ2) is 8.83. The summed E-state index contributed by atoms with van der Waals surface area (Å²) < 4.78 is 33.9. The minimum atomic E-state index is -3.68. The number of piperidine rings is 1. The first-order valence-electron chi connectivity index (χ1n) is 10.2. The molecule has 1 atom stereocenters. The number of rotatable bonds is 6. The summed E-state index contributed by atoms with van der Waals surface area (Å²) in [6.45, 7) is 3.76. The van der Waals surface area contributed by atoms with E-state index in [0.717, 1.165) is 25.7 Å². The molecule has 3 rings (SSSR count). The molecule has 2 aliphatic rings. The van der Waals surface area contributed by atoms with E-state index in [2.05, 4.69) is 10.3 Å². The molecule has 1 aromatic rings. The first kappa shape index (κ1) is 21.8. The van der Waals surface area contributed by atoms with E-state index in [1.807, 2.05) is 0 Å². The minimum absolute atomic E-state index is 0.0238. The molecule has 1 saturated carbocycles. The lowest BCUT2D eigenvalue weighted by atomic mass is 9.98. The van der Waals surface area contributed by atoms with Crippen LogP contribution in [-0.2, 0) is 31.4 Å². The van der Waals surface area contributed by atoms with Gasteiger partial charge in [0, 0.05) is 32.4 Å². The SMILES string of the molecule is Cc1nc(S(=O)(=O)N2CCC(C(=O)OC(C)C(=O)NC3CCCC3)CC2)cn1C. The van der Waals surface area contributed by atoms with Crippen molar-refractivity contribution in [3.05, 3.63) is 12.0 Å². The number of nitrogens with one attached hydrogen (secondary N) is 1. The number of nitrogens with zero attached hydrogens (tertiary/aromatic N) is 3. The van der Waals surface area contributed by atoms with Crippen LogP contribution in [-0.4, -0.2) is 59.4 Å². The summed E-state index contributed by atoms with van der Waals surface area (Å²) in [5.74, 6) is -0.499. The summed E-state index contributed by atoms with van der Waals surface area (Å²) in [6.07, 6.45) is 5.53. The maximum Gasteiger partial charge on any atom is 0.309 e. The van der Waals surface area contributed by atoms with Gasteiger partial charge in [0.2, 0.25) is 0 Å². The van der Waals surface area contributed by atoms with Crippen LogP contribution in [0.25, 0.3) is 0 Å².